The van der Waals surface area contributed by atoms with Crippen LogP contribution in [-0.4, -0.2) is 17.9 Å². The van der Waals surface area contributed by atoms with Crippen LogP contribution in [0.15, 0.2) is 28.7 Å². The number of amides is 2. The van der Waals surface area contributed by atoms with E-state index >= 15 is 0 Å². The van der Waals surface area contributed by atoms with Crippen molar-refractivity contribution >= 4 is 27.7 Å². The molecule has 1 heterocycles. The third-order valence-electron chi connectivity index (χ3n) is 2.77. The standard InChI is InChI=1S/C12H13BrN2O2/c1-7(8-3-2-4-9(13)5-8)14-10-6-11(16)15-12(10)17/h2-5,7,10,14H,6H2,1H3,(H,15,16,17)/t7-,10?/m1/s1. The number of benzene rings is 1. The van der Waals surface area contributed by atoms with Crippen molar-refractivity contribution in [3.8, 4) is 0 Å². The smallest absolute Gasteiger partial charge is 0.244 e. The highest BCUT2D eigenvalue weighted by Crippen LogP contribution is 2.19. The lowest BCUT2D eigenvalue weighted by atomic mass is 10.1. The maximum atomic E-state index is 11.4. The minimum atomic E-state index is -0.420. The summed E-state index contributed by atoms with van der Waals surface area (Å²) in [6, 6.07) is 7.47. The molecule has 2 amide bonds. The second-order valence-corrected chi connectivity index (χ2v) is 5.03. The van der Waals surface area contributed by atoms with Crippen molar-refractivity contribution in [1.29, 1.82) is 0 Å². The largest absolute Gasteiger partial charge is 0.299 e. The summed E-state index contributed by atoms with van der Waals surface area (Å²) in [7, 11) is 0. The van der Waals surface area contributed by atoms with Gasteiger partial charge in [-0.3, -0.25) is 20.2 Å². The molecule has 1 fully saturated rings. The van der Waals surface area contributed by atoms with Crippen molar-refractivity contribution < 1.29 is 9.59 Å². The van der Waals surface area contributed by atoms with Gasteiger partial charge in [0, 0.05) is 10.5 Å². The van der Waals surface area contributed by atoms with Gasteiger partial charge in [0.05, 0.1) is 12.5 Å². The lowest BCUT2D eigenvalue weighted by molar-refractivity contribution is -0.125. The van der Waals surface area contributed by atoms with Gasteiger partial charge in [-0.1, -0.05) is 28.1 Å². The van der Waals surface area contributed by atoms with Crippen LogP contribution < -0.4 is 10.6 Å². The first-order chi connectivity index (χ1) is 8.06. The molecule has 1 aliphatic rings. The van der Waals surface area contributed by atoms with E-state index in [9.17, 15) is 9.59 Å². The first-order valence-corrected chi connectivity index (χ1v) is 6.21. The number of imide groups is 1. The maximum absolute atomic E-state index is 11.4. The Balaban J connectivity index is 2.04. The van der Waals surface area contributed by atoms with E-state index in [0.29, 0.717) is 0 Å². The zero-order valence-corrected chi connectivity index (χ0v) is 11.0. The Labute approximate surface area is 108 Å². The summed E-state index contributed by atoms with van der Waals surface area (Å²) >= 11 is 3.40. The minimum absolute atomic E-state index is 0.0224. The molecule has 1 aromatic rings. The monoisotopic (exact) mass is 296 g/mol. The zero-order chi connectivity index (χ0) is 12.4. The number of carbonyl (C=O) groups is 2. The fourth-order valence-corrected chi connectivity index (χ4v) is 2.28. The van der Waals surface area contributed by atoms with Gasteiger partial charge in [-0.15, -0.1) is 0 Å². The summed E-state index contributed by atoms with van der Waals surface area (Å²) in [5.41, 5.74) is 1.08. The maximum Gasteiger partial charge on any atom is 0.244 e. The van der Waals surface area contributed by atoms with E-state index in [4.69, 9.17) is 0 Å². The van der Waals surface area contributed by atoms with Gasteiger partial charge in [0.1, 0.15) is 0 Å². The Morgan fingerprint density at radius 1 is 1.47 bits per heavy atom. The van der Waals surface area contributed by atoms with Crippen LogP contribution in [0.3, 0.4) is 0 Å². The predicted octanol–water partition coefficient (Wildman–Crippen LogP) is 1.51. The number of halogens is 1. The van der Waals surface area contributed by atoms with E-state index in [2.05, 4.69) is 26.6 Å². The zero-order valence-electron chi connectivity index (χ0n) is 9.37. The molecular weight excluding hydrogens is 284 g/mol. The Kier molecular flexibility index (Phi) is 3.59. The minimum Gasteiger partial charge on any atom is -0.299 e. The summed E-state index contributed by atoms with van der Waals surface area (Å²) in [5.74, 6) is -0.453. The highest BCUT2D eigenvalue weighted by atomic mass is 79.9. The average Bonchev–Trinajstić information content (AvgIpc) is 2.57. The quantitative estimate of drug-likeness (QED) is 0.832. The van der Waals surface area contributed by atoms with Gasteiger partial charge >= 0.3 is 0 Å². The predicted molar refractivity (Wildman–Crippen MR) is 67.2 cm³/mol. The molecule has 2 N–H and O–H groups in total. The van der Waals surface area contributed by atoms with Gasteiger partial charge in [0.15, 0.2) is 0 Å². The molecule has 5 heteroatoms. The Morgan fingerprint density at radius 2 is 2.24 bits per heavy atom. The molecule has 0 spiro atoms. The van der Waals surface area contributed by atoms with Crippen molar-refractivity contribution in [1.82, 2.24) is 10.6 Å². The van der Waals surface area contributed by atoms with E-state index in [1.165, 1.54) is 0 Å². The molecule has 0 radical (unpaired) electrons. The van der Waals surface area contributed by atoms with Gasteiger partial charge in [-0.2, -0.15) is 0 Å². The highest BCUT2D eigenvalue weighted by molar-refractivity contribution is 9.10. The molecule has 2 rings (SSSR count). The number of hydrogen-bond acceptors (Lipinski definition) is 3. The number of hydrogen-bond donors (Lipinski definition) is 2. The molecule has 1 unspecified atom stereocenters. The Morgan fingerprint density at radius 3 is 2.82 bits per heavy atom. The molecule has 17 heavy (non-hydrogen) atoms. The van der Waals surface area contributed by atoms with Crippen LogP contribution in [-0.2, 0) is 9.59 Å². The van der Waals surface area contributed by atoms with Crippen LogP contribution >= 0.6 is 15.9 Å². The van der Waals surface area contributed by atoms with Crippen molar-refractivity contribution in [2.45, 2.75) is 25.4 Å². The molecular formula is C12H13BrN2O2. The first-order valence-electron chi connectivity index (χ1n) is 5.41. The normalized spacial score (nSPS) is 21.4. The van der Waals surface area contributed by atoms with E-state index < -0.39 is 6.04 Å². The van der Waals surface area contributed by atoms with Crippen LogP contribution in [0.25, 0.3) is 0 Å². The van der Waals surface area contributed by atoms with Crippen LogP contribution in [0.5, 0.6) is 0 Å². The lowest BCUT2D eigenvalue weighted by Crippen LogP contribution is -2.37. The van der Waals surface area contributed by atoms with Gasteiger partial charge in [-0.25, -0.2) is 0 Å². The number of rotatable bonds is 3. The molecule has 0 aliphatic carbocycles. The van der Waals surface area contributed by atoms with Crippen molar-refractivity contribution in [2.75, 3.05) is 0 Å². The highest BCUT2D eigenvalue weighted by Gasteiger charge is 2.31. The summed E-state index contributed by atoms with van der Waals surface area (Å²) in [4.78, 5) is 22.5. The SMILES string of the molecule is C[C@@H](NC1CC(=O)NC1=O)c1cccc(Br)c1. The van der Waals surface area contributed by atoms with E-state index in [-0.39, 0.29) is 24.3 Å². The van der Waals surface area contributed by atoms with Gasteiger partial charge in [-0.05, 0) is 24.6 Å². The van der Waals surface area contributed by atoms with Gasteiger partial charge in [0.25, 0.3) is 0 Å². The number of carbonyl (C=O) groups excluding carboxylic acids is 2. The van der Waals surface area contributed by atoms with Crippen LogP contribution in [0.1, 0.15) is 24.9 Å². The molecule has 0 saturated carbocycles. The van der Waals surface area contributed by atoms with E-state index in [1.807, 2.05) is 31.2 Å². The summed E-state index contributed by atoms with van der Waals surface area (Å²) in [5, 5.41) is 5.43. The molecule has 1 aliphatic heterocycles. The molecule has 2 atom stereocenters. The van der Waals surface area contributed by atoms with E-state index in [1.54, 1.807) is 0 Å². The summed E-state index contributed by atoms with van der Waals surface area (Å²) < 4.78 is 0.996. The summed E-state index contributed by atoms with van der Waals surface area (Å²) in [6.07, 6.45) is 0.219. The number of nitrogens with one attached hydrogen (secondary N) is 2. The Hall–Kier alpha value is -1.20. The van der Waals surface area contributed by atoms with Crippen LogP contribution in [0.2, 0.25) is 0 Å². The van der Waals surface area contributed by atoms with E-state index in [0.717, 1.165) is 10.0 Å². The van der Waals surface area contributed by atoms with Crippen molar-refractivity contribution in [3.05, 3.63) is 34.3 Å². The second kappa shape index (κ2) is 4.98. The van der Waals surface area contributed by atoms with Crippen molar-refractivity contribution in [2.24, 2.45) is 0 Å². The first kappa shape index (κ1) is 12.3. The topological polar surface area (TPSA) is 58.2 Å². The third kappa shape index (κ3) is 2.92. The summed E-state index contributed by atoms with van der Waals surface area (Å²) in [6.45, 7) is 1.97. The molecule has 0 bridgehead atoms. The molecule has 4 nitrogen and oxygen atoms in total. The molecule has 90 valence electrons. The lowest BCUT2D eigenvalue weighted by Gasteiger charge is -2.17. The second-order valence-electron chi connectivity index (χ2n) is 4.11. The van der Waals surface area contributed by atoms with Crippen LogP contribution in [0.4, 0.5) is 0 Å². The fraction of sp³-hybridized carbons (Fsp3) is 0.333. The molecule has 1 saturated heterocycles. The average molecular weight is 297 g/mol. The van der Waals surface area contributed by atoms with Gasteiger partial charge < -0.3 is 0 Å². The third-order valence-corrected chi connectivity index (χ3v) is 3.26. The Bertz CT molecular complexity index is 462. The van der Waals surface area contributed by atoms with Crippen molar-refractivity contribution in [3.63, 3.8) is 0 Å². The fourth-order valence-electron chi connectivity index (χ4n) is 1.86. The van der Waals surface area contributed by atoms with Crippen LogP contribution in [0, 0.1) is 0 Å². The molecule has 1 aromatic carbocycles. The van der Waals surface area contributed by atoms with Gasteiger partial charge in [0.2, 0.25) is 11.8 Å². The molecule has 0 aromatic heterocycles.